The van der Waals surface area contributed by atoms with Crippen LogP contribution in [-0.4, -0.2) is 16.1 Å². The Hall–Kier alpha value is -1.61. The van der Waals surface area contributed by atoms with Gasteiger partial charge in [0.2, 0.25) is 0 Å². The normalized spacial score (nSPS) is 10.7. The third-order valence-electron chi connectivity index (χ3n) is 2.59. The average Bonchev–Trinajstić information content (AvgIpc) is 2.24. The molecule has 0 radical (unpaired) electrons. The second-order valence-electron chi connectivity index (χ2n) is 3.98. The Labute approximate surface area is 104 Å². The Morgan fingerprint density at radius 1 is 1.41 bits per heavy atom. The molecule has 0 amide bonds. The molecule has 0 aliphatic heterocycles. The van der Waals surface area contributed by atoms with E-state index >= 15 is 0 Å². The monoisotopic (exact) mass is 249 g/mol. The number of pyridine rings is 1. The van der Waals surface area contributed by atoms with Gasteiger partial charge in [-0.2, -0.15) is 0 Å². The minimum absolute atomic E-state index is 0.126. The molecular formula is C13H12ClNO2. The summed E-state index contributed by atoms with van der Waals surface area (Å²) in [6, 6.07) is 7.42. The van der Waals surface area contributed by atoms with Gasteiger partial charge in [0.1, 0.15) is 0 Å². The number of hydrogen-bond donors (Lipinski definition) is 1. The van der Waals surface area contributed by atoms with Gasteiger partial charge < -0.3 is 5.11 Å². The van der Waals surface area contributed by atoms with Crippen LogP contribution in [0.1, 0.15) is 17.7 Å². The zero-order valence-electron chi connectivity index (χ0n) is 9.40. The molecule has 3 nitrogen and oxygen atoms in total. The predicted octanol–water partition coefficient (Wildman–Crippen LogP) is 3.21. The van der Waals surface area contributed by atoms with Crippen molar-refractivity contribution in [2.24, 2.45) is 0 Å². The molecule has 0 spiro atoms. The van der Waals surface area contributed by atoms with Crippen molar-refractivity contribution in [3.8, 4) is 0 Å². The van der Waals surface area contributed by atoms with E-state index in [0.29, 0.717) is 11.4 Å². The van der Waals surface area contributed by atoms with E-state index in [2.05, 4.69) is 4.98 Å². The van der Waals surface area contributed by atoms with Crippen LogP contribution in [0.2, 0.25) is 5.02 Å². The number of rotatable bonds is 3. The van der Waals surface area contributed by atoms with Gasteiger partial charge in [-0.15, -0.1) is 0 Å². The number of halogens is 1. The van der Waals surface area contributed by atoms with Crippen LogP contribution in [0.4, 0.5) is 0 Å². The summed E-state index contributed by atoms with van der Waals surface area (Å²) in [5, 5.41) is 10.3. The minimum atomic E-state index is -0.790. The van der Waals surface area contributed by atoms with Gasteiger partial charge in [0.05, 0.1) is 5.52 Å². The molecule has 0 saturated carbocycles. The fraction of sp³-hybridized carbons (Fsp3) is 0.231. The van der Waals surface area contributed by atoms with Crippen molar-refractivity contribution in [2.75, 3.05) is 0 Å². The molecule has 2 aromatic rings. The van der Waals surface area contributed by atoms with Crippen molar-refractivity contribution in [3.63, 3.8) is 0 Å². The van der Waals surface area contributed by atoms with E-state index in [1.165, 1.54) is 0 Å². The molecule has 1 aromatic heterocycles. The number of aromatic nitrogens is 1. The topological polar surface area (TPSA) is 50.2 Å². The molecule has 88 valence electrons. The lowest BCUT2D eigenvalue weighted by Crippen LogP contribution is -1.99. The van der Waals surface area contributed by atoms with Crippen molar-refractivity contribution in [1.29, 1.82) is 0 Å². The highest BCUT2D eigenvalue weighted by molar-refractivity contribution is 6.31. The fourth-order valence-corrected chi connectivity index (χ4v) is 2.04. The Balaban J connectivity index is 2.50. The number of fused-ring (bicyclic) bond motifs is 1. The summed E-state index contributed by atoms with van der Waals surface area (Å²) in [6.07, 6.45) is 0.637. The number of carboxylic acids is 1. The van der Waals surface area contributed by atoms with Crippen LogP contribution in [-0.2, 0) is 11.2 Å². The van der Waals surface area contributed by atoms with E-state index in [1.54, 1.807) is 12.1 Å². The first-order valence-electron chi connectivity index (χ1n) is 5.34. The number of hydrogen-bond acceptors (Lipinski definition) is 2. The Bertz CT molecular complexity index is 576. The first-order valence-corrected chi connectivity index (χ1v) is 5.71. The standard InChI is InChI=1S/C13H12ClNO2/c1-8-6-9(2-5-13(16)17)11-4-3-10(14)7-12(11)15-8/h3-4,6-7H,2,5H2,1H3,(H,16,17). The fourth-order valence-electron chi connectivity index (χ4n) is 1.87. The van der Waals surface area contributed by atoms with Gasteiger partial charge in [0.15, 0.2) is 0 Å². The van der Waals surface area contributed by atoms with Crippen LogP contribution in [0, 0.1) is 6.92 Å². The maximum atomic E-state index is 10.6. The van der Waals surface area contributed by atoms with Gasteiger partial charge >= 0.3 is 5.97 Å². The summed E-state index contributed by atoms with van der Waals surface area (Å²) in [6.45, 7) is 1.89. The number of carbonyl (C=O) groups is 1. The van der Waals surface area contributed by atoms with Gasteiger partial charge in [0, 0.05) is 22.5 Å². The molecule has 4 heteroatoms. The van der Waals surface area contributed by atoms with E-state index in [4.69, 9.17) is 16.7 Å². The molecule has 1 aromatic carbocycles. The lowest BCUT2D eigenvalue weighted by atomic mass is 10.0. The van der Waals surface area contributed by atoms with Gasteiger partial charge in [-0.05, 0) is 37.1 Å². The van der Waals surface area contributed by atoms with Crippen molar-refractivity contribution in [3.05, 3.63) is 40.5 Å². The molecule has 0 unspecified atom stereocenters. The summed E-state index contributed by atoms with van der Waals surface area (Å²) in [4.78, 5) is 15.0. The summed E-state index contributed by atoms with van der Waals surface area (Å²) in [5.74, 6) is -0.790. The van der Waals surface area contributed by atoms with Crippen LogP contribution < -0.4 is 0 Å². The van der Waals surface area contributed by atoms with Crippen LogP contribution in [0.25, 0.3) is 10.9 Å². The molecule has 17 heavy (non-hydrogen) atoms. The summed E-state index contributed by atoms with van der Waals surface area (Å²) >= 11 is 5.92. The Morgan fingerprint density at radius 3 is 2.88 bits per heavy atom. The number of aryl methyl sites for hydroxylation is 2. The molecule has 1 heterocycles. The highest BCUT2D eigenvalue weighted by Gasteiger charge is 2.06. The van der Waals surface area contributed by atoms with Crippen LogP contribution >= 0.6 is 11.6 Å². The first-order chi connectivity index (χ1) is 8.06. The zero-order chi connectivity index (χ0) is 12.4. The molecule has 2 rings (SSSR count). The van der Waals surface area contributed by atoms with Crippen molar-refractivity contribution in [2.45, 2.75) is 19.8 Å². The number of aliphatic carboxylic acids is 1. The van der Waals surface area contributed by atoms with E-state index < -0.39 is 5.97 Å². The Kier molecular flexibility index (Phi) is 3.29. The maximum absolute atomic E-state index is 10.6. The quantitative estimate of drug-likeness (QED) is 0.909. The molecule has 0 saturated heterocycles. The zero-order valence-corrected chi connectivity index (χ0v) is 10.2. The number of nitrogens with zero attached hydrogens (tertiary/aromatic N) is 1. The molecule has 0 aliphatic rings. The lowest BCUT2D eigenvalue weighted by Gasteiger charge is -2.07. The number of carboxylic acid groups (broad SMARTS) is 1. The third kappa shape index (κ3) is 2.74. The second kappa shape index (κ2) is 4.72. The molecular weight excluding hydrogens is 238 g/mol. The van der Waals surface area contributed by atoms with E-state index in [1.807, 2.05) is 19.1 Å². The van der Waals surface area contributed by atoms with Crippen LogP contribution in [0.15, 0.2) is 24.3 Å². The summed E-state index contributed by atoms with van der Waals surface area (Å²) < 4.78 is 0. The highest BCUT2D eigenvalue weighted by Crippen LogP contribution is 2.23. The maximum Gasteiger partial charge on any atom is 0.303 e. The van der Waals surface area contributed by atoms with E-state index in [-0.39, 0.29) is 6.42 Å². The summed E-state index contributed by atoms with van der Waals surface area (Å²) in [7, 11) is 0. The highest BCUT2D eigenvalue weighted by atomic mass is 35.5. The van der Waals surface area contributed by atoms with Crippen molar-refractivity contribution < 1.29 is 9.90 Å². The molecule has 0 bridgehead atoms. The first kappa shape index (κ1) is 11.9. The molecule has 0 fully saturated rings. The summed E-state index contributed by atoms with van der Waals surface area (Å²) in [5.41, 5.74) is 2.70. The van der Waals surface area contributed by atoms with Crippen molar-refractivity contribution >= 4 is 28.5 Å². The Morgan fingerprint density at radius 2 is 2.18 bits per heavy atom. The van der Waals surface area contributed by atoms with Crippen molar-refractivity contribution in [1.82, 2.24) is 4.98 Å². The molecule has 1 N–H and O–H groups in total. The number of benzene rings is 1. The third-order valence-corrected chi connectivity index (χ3v) is 2.83. The smallest absolute Gasteiger partial charge is 0.303 e. The van der Waals surface area contributed by atoms with Gasteiger partial charge in [-0.1, -0.05) is 17.7 Å². The second-order valence-corrected chi connectivity index (χ2v) is 4.41. The van der Waals surface area contributed by atoms with Gasteiger partial charge in [0.25, 0.3) is 0 Å². The lowest BCUT2D eigenvalue weighted by molar-refractivity contribution is -0.136. The largest absolute Gasteiger partial charge is 0.481 e. The molecule has 0 atom stereocenters. The predicted molar refractivity (Wildman–Crippen MR) is 67.4 cm³/mol. The van der Waals surface area contributed by atoms with Crippen LogP contribution in [0.3, 0.4) is 0 Å². The van der Waals surface area contributed by atoms with E-state index in [0.717, 1.165) is 22.2 Å². The molecule has 0 aliphatic carbocycles. The van der Waals surface area contributed by atoms with Gasteiger partial charge in [-0.25, -0.2) is 0 Å². The van der Waals surface area contributed by atoms with E-state index in [9.17, 15) is 4.79 Å². The SMILES string of the molecule is Cc1cc(CCC(=O)O)c2ccc(Cl)cc2n1. The van der Waals surface area contributed by atoms with Gasteiger partial charge in [-0.3, -0.25) is 9.78 Å². The minimum Gasteiger partial charge on any atom is -0.481 e. The average molecular weight is 250 g/mol. The van der Waals surface area contributed by atoms with Crippen LogP contribution in [0.5, 0.6) is 0 Å².